The van der Waals surface area contributed by atoms with Gasteiger partial charge in [0.25, 0.3) is 0 Å². The molecule has 0 saturated carbocycles. The van der Waals surface area contributed by atoms with Gasteiger partial charge in [0.05, 0.1) is 0 Å². The average Bonchev–Trinajstić information content (AvgIpc) is 3.40. The Morgan fingerprint density at radius 3 is 0.985 bits per heavy atom. The van der Waals surface area contributed by atoms with Crippen molar-refractivity contribution in [2.75, 3.05) is 0 Å². The predicted octanol–water partition coefficient (Wildman–Crippen LogP) is 18.2. The normalized spacial score (nSPS) is 8.69. The maximum atomic E-state index is 4.18. The van der Waals surface area contributed by atoms with Gasteiger partial charge in [0.1, 0.15) is 18.5 Å². The summed E-state index contributed by atoms with van der Waals surface area (Å²) < 4.78 is 0. The van der Waals surface area contributed by atoms with Crippen molar-refractivity contribution in [2.24, 2.45) is 0 Å². The van der Waals surface area contributed by atoms with Gasteiger partial charge in [-0.05, 0) is 88.7 Å². The molecule has 0 aliphatic rings. The maximum absolute atomic E-state index is 4.18. The highest BCUT2D eigenvalue weighted by Gasteiger charge is 1.99. The summed E-state index contributed by atoms with van der Waals surface area (Å²) in [6.07, 6.45) is 21.3. The summed E-state index contributed by atoms with van der Waals surface area (Å²) in [5.41, 5.74) is 6.11. The molecular weight excluding hydrogens is 823 g/mol. The molecular formula is C58H103N9. The fraction of sp³-hybridized carbons (Fsp3) is 0.534. The van der Waals surface area contributed by atoms with Crippen LogP contribution in [-0.4, -0.2) is 44.9 Å². The fourth-order valence-corrected chi connectivity index (χ4v) is 4.04. The van der Waals surface area contributed by atoms with E-state index in [1.165, 1.54) is 16.7 Å². The van der Waals surface area contributed by atoms with E-state index in [1.54, 1.807) is 37.4 Å². The zero-order valence-corrected chi connectivity index (χ0v) is 46.6. The molecule has 9 nitrogen and oxygen atoms in total. The molecule has 0 aromatic carbocycles. The van der Waals surface area contributed by atoms with Gasteiger partial charge in [-0.25, -0.2) is 29.9 Å². The lowest BCUT2D eigenvalue weighted by Gasteiger charge is -2.01. The molecule has 0 aliphatic heterocycles. The minimum atomic E-state index is 0. The topological polar surface area (TPSA) is 116 Å². The van der Waals surface area contributed by atoms with Crippen LogP contribution in [0.2, 0.25) is 0 Å². The molecule has 9 heteroatoms. The zero-order chi connectivity index (χ0) is 52.1. The number of aromatic nitrogens is 9. The third-order valence-electron chi connectivity index (χ3n) is 7.55. The Labute approximate surface area is 415 Å². The van der Waals surface area contributed by atoms with Crippen LogP contribution in [0.25, 0.3) is 0 Å². The summed E-state index contributed by atoms with van der Waals surface area (Å²) in [4.78, 5) is 35.9. The molecule has 0 fully saturated rings. The van der Waals surface area contributed by atoms with Gasteiger partial charge in [-0.1, -0.05) is 186 Å². The van der Waals surface area contributed by atoms with Crippen LogP contribution in [0.3, 0.4) is 0 Å². The van der Waals surface area contributed by atoms with Gasteiger partial charge < -0.3 is 0 Å². The van der Waals surface area contributed by atoms with Crippen LogP contribution in [0, 0.1) is 0 Å². The largest absolute Gasteiger partial charge is 0.265 e. The molecule has 0 radical (unpaired) electrons. The van der Waals surface area contributed by atoms with Crippen LogP contribution in [0.4, 0.5) is 0 Å². The van der Waals surface area contributed by atoms with Crippen molar-refractivity contribution in [3.63, 3.8) is 0 Å². The molecule has 6 aromatic rings. The third-order valence-corrected chi connectivity index (χ3v) is 7.55. The Bertz CT molecular complexity index is 1350. The Morgan fingerprint density at radius 1 is 0.284 bits per heavy atom. The Hall–Kier alpha value is -5.31. The van der Waals surface area contributed by atoms with E-state index in [-0.39, 0.29) is 7.43 Å². The van der Waals surface area contributed by atoms with E-state index in [4.69, 9.17) is 0 Å². The van der Waals surface area contributed by atoms with Crippen LogP contribution in [-0.2, 0) is 0 Å². The first kappa shape index (κ1) is 76.0. The van der Waals surface area contributed by atoms with Gasteiger partial charge in [-0.15, -0.1) is 0 Å². The van der Waals surface area contributed by atoms with Crippen molar-refractivity contribution in [3.8, 4) is 0 Å². The van der Waals surface area contributed by atoms with Gasteiger partial charge >= 0.3 is 0 Å². The third kappa shape index (κ3) is 47.0. The molecule has 0 N–H and O–H groups in total. The first-order valence-electron chi connectivity index (χ1n) is 24.8. The van der Waals surface area contributed by atoms with Crippen molar-refractivity contribution in [3.05, 3.63) is 163 Å². The number of hydrogen-bond acceptors (Lipinski definition) is 9. The van der Waals surface area contributed by atoms with Crippen LogP contribution in [0.5, 0.6) is 0 Å². The lowest BCUT2D eigenvalue weighted by Crippen LogP contribution is -1.93. The molecule has 0 saturated heterocycles. The van der Waals surface area contributed by atoms with Crippen molar-refractivity contribution in [1.82, 2.24) is 44.9 Å². The first-order chi connectivity index (χ1) is 31.8. The van der Waals surface area contributed by atoms with E-state index in [9.17, 15) is 0 Å². The Morgan fingerprint density at radius 2 is 0.716 bits per heavy atom. The van der Waals surface area contributed by atoms with Crippen molar-refractivity contribution >= 4 is 0 Å². The predicted molar refractivity (Wildman–Crippen MR) is 298 cm³/mol. The molecule has 0 unspecified atom stereocenters. The summed E-state index contributed by atoms with van der Waals surface area (Å²) in [6.45, 7) is 49.6. The van der Waals surface area contributed by atoms with Gasteiger partial charge in [0.2, 0.25) is 0 Å². The van der Waals surface area contributed by atoms with Gasteiger partial charge in [-0.2, -0.15) is 0 Å². The highest BCUT2D eigenvalue weighted by molar-refractivity contribution is 5.14. The average molecular weight is 927 g/mol. The Kier molecular flexibility index (Phi) is 66.6. The van der Waals surface area contributed by atoms with E-state index < -0.39 is 0 Å². The molecule has 0 bridgehead atoms. The summed E-state index contributed by atoms with van der Waals surface area (Å²) >= 11 is 0. The standard InChI is InChI=1S/3C8H11N.3C7H10N2.6C2H6.CH4/c1-7(2)8-3-5-9-6-4-8;1-7(2)8-4-3-5-9-6-8;1-7(2)8-5-3-4-6-9-8;1-6(2)7-3-8-5-9-4-7;1-6(2)7-3-4-8-5-9-7;1-6(2)7-8-4-3-5-9-7;6*1-2;/h3*3-7H,1-2H3;3*3-6H,1-2H3;6*1-2H3;1H4. The summed E-state index contributed by atoms with van der Waals surface area (Å²) in [5.74, 6) is 4.15. The minimum absolute atomic E-state index is 0. The summed E-state index contributed by atoms with van der Waals surface area (Å²) in [5, 5.41) is 0. The molecule has 0 amide bonds. The second-order valence-corrected chi connectivity index (χ2v) is 14.2. The minimum Gasteiger partial charge on any atom is -0.265 e. The molecule has 380 valence electrons. The summed E-state index contributed by atoms with van der Waals surface area (Å²) in [6, 6.07) is 17.9. The van der Waals surface area contributed by atoms with Gasteiger partial charge in [0, 0.05) is 79.3 Å². The molecule has 67 heavy (non-hydrogen) atoms. The molecule has 6 heterocycles. The zero-order valence-electron chi connectivity index (χ0n) is 46.6. The first-order valence-corrected chi connectivity index (χ1v) is 24.8. The van der Waals surface area contributed by atoms with Crippen molar-refractivity contribution < 1.29 is 0 Å². The number of hydrogen-bond donors (Lipinski definition) is 0. The lowest BCUT2D eigenvalue weighted by atomic mass is 10.1. The summed E-state index contributed by atoms with van der Waals surface area (Å²) in [7, 11) is 0. The number of nitrogens with zero attached hydrogens (tertiary/aromatic N) is 9. The molecule has 0 atom stereocenters. The SMILES string of the molecule is C.CC.CC.CC.CC.CC.CC.CC(C)c1ccccn1.CC(C)c1cccnc1.CC(C)c1ccncc1.CC(C)c1ccncn1.CC(C)c1cncnc1.CC(C)c1ncccn1. The molecule has 0 spiro atoms. The van der Waals surface area contributed by atoms with E-state index in [1.807, 2.05) is 169 Å². The molecule has 0 aliphatic carbocycles. The lowest BCUT2D eigenvalue weighted by molar-refractivity contribution is 0.774. The fourth-order valence-electron chi connectivity index (χ4n) is 4.04. The van der Waals surface area contributed by atoms with E-state index >= 15 is 0 Å². The molecule has 6 rings (SSSR count). The van der Waals surface area contributed by atoms with Gasteiger partial charge in [-0.3, -0.25) is 15.0 Å². The van der Waals surface area contributed by atoms with Crippen molar-refractivity contribution in [2.45, 2.75) is 209 Å². The highest BCUT2D eigenvalue weighted by atomic mass is 14.9. The number of rotatable bonds is 6. The van der Waals surface area contributed by atoms with Crippen LogP contribution < -0.4 is 0 Å². The van der Waals surface area contributed by atoms with E-state index in [2.05, 4.69) is 134 Å². The molecule has 6 aromatic heterocycles. The Balaban J connectivity index is -0.000000123. The quantitative estimate of drug-likeness (QED) is 0.161. The van der Waals surface area contributed by atoms with Crippen LogP contribution in [0.1, 0.15) is 243 Å². The maximum Gasteiger partial charge on any atom is 0.130 e. The monoisotopic (exact) mass is 926 g/mol. The second-order valence-electron chi connectivity index (χ2n) is 14.2. The van der Waals surface area contributed by atoms with E-state index in [0.29, 0.717) is 35.5 Å². The van der Waals surface area contributed by atoms with Gasteiger partial charge in [0.15, 0.2) is 0 Å². The highest BCUT2D eigenvalue weighted by Crippen LogP contribution is 2.12. The van der Waals surface area contributed by atoms with E-state index in [0.717, 1.165) is 17.2 Å². The van der Waals surface area contributed by atoms with Crippen LogP contribution in [0.15, 0.2) is 129 Å². The second kappa shape index (κ2) is 58.7. The number of pyridine rings is 3. The smallest absolute Gasteiger partial charge is 0.130 e. The van der Waals surface area contributed by atoms with Crippen LogP contribution >= 0.6 is 0 Å². The van der Waals surface area contributed by atoms with Crippen molar-refractivity contribution in [1.29, 1.82) is 0 Å².